The number of thiazole rings is 1. The van der Waals surface area contributed by atoms with Crippen LogP contribution in [0.3, 0.4) is 0 Å². The second kappa shape index (κ2) is 9.17. The maximum atomic E-state index is 12.2. The summed E-state index contributed by atoms with van der Waals surface area (Å²) in [6.07, 6.45) is 9.71. The van der Waals surface area contributed by atoms with E-state index in [1.54, 1.807) is 18.4 Å². The summed E-state index contributed by atoms with van der Waals surface area (Å²) >= 11 is 1.61. The Kier molecular flexibility index (Phi) is 6.67. The van der Waals surface area contributed by atoms with Crippen LogP contribution in [0.5, 0.6) is 5.75 Å². The van der Waals surface area contributed by atoms with Crippen molar-refractivity contribution < 1.29 is 9.53 Å². The van der Waals surface area contributed by atoms with Gasteiger partial charge >= 0.3 is 0 Å². The number of carbonyl (C=O) groups excluding carboxylic acids is 1. The van der Waals surface area contributed by atoms with Gasteiger partial charge in [-0.15, -0.1) is 11.3 Å². The van der Waals surface area contributed by atoms with Crippen molar-refractivity contribution >= 4 is 22.4 Å². The number of nitrogens with one attached hydrogen (secondary N) is 1. The Hall–Kier alpha value is -1.88. The summed E-state index contributed by atoms with van der Waals surface area (Å²) in [5.74, 6) is 0.969. The maximum absolute atomic E-state index is 12.2. The highest BCUT2D eigenvalue weighted by molar-refractivity contribution is 7.16. The summed E-state index contributed by atoms with van der Waals surface area (Å²) in [6.45, 7) is 2.22. The van der Waals surface area contributed by atoms with Gasteiger partial charge in [-0.25, -0.2) is 4.98 Å². The molecule has 3 rings (SSSR count). The Bertz CT molecular complexity index is 754. The molecule has 0 saturated carbocycles. The van der Waals surface area contributed by atoms with Crippen LogP contribution in [0.1, 0.15) is 62.3 Å². The molecule has 1 aliphatic carbocycles. The number of fused-ring (bicyclic) bond motifs is 3. The molecule has 5 heteroatoms. The van der Waals surface area contributed by atoms with Gasteiger partial charge in [-0.2, -0.15) is 0 Å². The predicted molar refractivity (Wildman–Crippen MR) is 108 cm³/mol. The van der Waals surface area contributed by atoms with Crippen LogP contribution in [0, 0.1) is 0 Å². The number of anilines is 1. The van der Waals surface area contributed by atoms with Gasteiger partial charge < -0.3 is 10.1 Å². The zero-order valence-corrected chi connectivity index (χ0v) is 16.6. The minimum Gasteiger partial charge on any atom is -0.497 e. The molecule has 0 fully saturated rings. The molecule has 0 spiro atoms. The van der Waals surface area contributed by atoms with Crippen LogP contribution < -0.4 is 10.1 Å². The smallest absolute Gasteiger partial charge is 0.226 e. The first-order valence-electron chi connectivity index (χ1n) is 9.68. The quantitative estimate of drug-likeness (QED) is 0.582. The first kappa shape index (κ1) is 18.9. The van der Waals surface area contributed by atoms with E-state index in [4.69, 9.17) is 9.72 Å². The molecule has 0 bridgehead atoms. The fourth-order valence-corrected chi connectivity index (χ4v) is 4.41. The van der Waals surface area contributed by atoms with Crippen molar-refractivity contribution in [3.05, 3.63) is 28.6 Å². The van der Waals surface area contributed by atoms with Crippen molar-refractivity contribution in [3.8, 4) is 17.0 Å². The van der Waals surface area contributed by atoms with Crippen molar-refractivity contribution in [2.75, 3.05) is 12.4 Å². The molecule has 0 saturated heterocycles. The van der Waals surface area contributed by atoms with E-state index in [9.17, 15) is 4.79 Å². The summed E-state index contributed by atoms with van der Waals surface area (Å²) in [7, 11) is 1.69. The van der Waals surface area contributed by atoms with Crippen LogP contribution in [-0.4, -0.2) is 18.0 Å². The van der Waals surface area contributed by atoms with E-state index in [0.29, 0.717) is 6.42 Å². The highest BCUT2D eigenvalue weighted by Crippen LogP contribution is 2.39. The number of benzene rings is 1. The number of rotatable bonds is 9. The fraction of sp³-hybridized carbons (Fsp3) is 0.524. The van der Waals surface area contributed by atoms with Crippen LogP contribution in [0.15, 0.2) is 18.2 Å². The third kappa shape index (κ3) is 4.64. The highest BCUT2D eigenvalue weighted by Gasteiger charge is 2.22. The SMILES string of the molecule is CCCCCCCCC(=O)Nc1nc2c(s1)CCc1cc(OC)ccc1-2. The van der Waals surface area contributed by atoms with Gasteiger partial charge in [-0.1, -0.05) is 39.0 Å². The lowest BCUT2D eigenvalue weighted by molar-refractivity contribution is -0.116. The first-order valence-corrected chi connectivity index (χ1v) is 10.5. The summed E-state index contributed by atoms with van der Waals surface area (Å²) in [5.41, 5.74) is 3.46. The van der Waals surface area contributed by atoms with Crippen molar-refractivity contribution in [2.45, 2.75) is 64.7 Å². The molecule has 1 aromatic heterocycles. The molecule has 2 aromatic rings. The van der Waals surface area contributed by atoms with Crippen LogP contribution in [0.4, 0.5) is 5.13 Å². The third-order valence-electron chi connectivity index (χ3n) is 4.89. The van der Waals surface area contributed by atoms with E-state index in [1.807, 2.05) is 6.07 Å². The summed E-state index contributed by atoms with van der Waals surface area (Å²) in [4.78, 5) is 18.1. The standard InChI is InChI=1S/C21H28N2O2S/c1-3-4-5-6-7-8-9-19(24)22-21-23-20-17-12-11-16(25-2)14-15(17)10-13-18(20)26-21/h11-12,14H,3-10,13H2,1-2H3,(H,22,23,24). The summed E-state index contributed by atoms with van der Waals surface area (Å²) in [6, 6.07) is 6.15. The Balaban J connectivity index is 1.56. The number of amides is 1. The lowest BCUT2D eigenvalue weighted by Gasteiger charge is -2.15. The first-order chi connectivity index (χ1) is 12.7. The second-order valence-corrected chi connectivity index (χ2v) is 7.96. The molecule has 4 nitrogen and oxygen atoms in total. The molecule has 0 aliphatic heterocycles. The number of ether oxygens (including phenoxy) is 1. The maximum Gasteiger partial charge on any atom is 0.226 e. The zero-order valence-electron chi connectivity index (χ0n) is 15.8. The monoisotopic (exact) mass is 372 g/mol. The Morgan fingerprint density at radius 1 is 1.19 bits per heavy atom. The molecule has 0 unspecified atom stereocenters. The van der Waals surface area contributed by atoms with E-state index >= 15 is 0 Å². The van der Waals surface area contributed by atoms with Gasteiger partial charge in [0.05, 0.1) is 12.8 Å². The van der Waals surface area contributed by atoms with Crippen LogP contribution >= 0.6 is 11.3 Å². The summed E-state index contributed by atoms with van der Waals surface area (Å²) < 4.78 is 5.32. The lowest BCUT2D eigenvalue weighted by atomic mass is 9.93. The molecular formula is C21H28N2O2S. The highest BCUT2D eigenvalue weighted by atomic mass is 32.1. The molecule has 1 heterocycles. The van der Waals surface area contributed by atoms with Gasteiger partial charge in [0.25, 0.3) is 0 Å². The van der Waals surface area contributed by atoms with Crippen LogP contribution in [0.2, 0.25) is 0 Å². The van der Waals surface area contributed by atoms with Gasteiger partial charge in [0.1, 0.15) is 5.75 Å². The molecule has 26 heavy (non-hydrogen) atoms. The molecule has 1 aromatic carbocycles. The molecule has 1 aliphatic rings. The van der Waals surface area contributed by atoms with E-state index in [2.05, 4.69) is 24.4 Å². The van der Waals surface area contributed by atoms with E-state index in [1.165, 1.54) is 41.7 Å². The molecular weight excluding hydrogens is 344 g/mol. The van der Waals surface area contributed by atoms with Gasteiger partial charge in [0.2, 0.25) is 5.91 Å². The van der Waals surface area contributed by atoms with Gasteiger partial charge in [0.15, 0.2) is 5.13 Å². The van der Waals surface area contributed by atoms with Crippen molar-refractivity contribution in [3.63, 3.8) is 0 Å². The molecule has 0 atom stereocenters. The Labute approximate surface area is 160 Å². The number of hydrogen-bond acceptors (Lipinski definition) is 4. The zero-order chi connectivity index (χ0) is 18.4. The minimum atomic E-state index is 0.0848. The number of methoxy groups -OCH3 is 1. The average Bonchev–Trinajstić information content (AvgIpc) is 3.06. The van der Waals surface area contributed by atoms with Gasteiger partial charge in [0, 0.05) is 16.9 Å². The van der Waals surface area contributed by atoms with E-state index < -0.39 is 0 Å². The number of hydrogen-bond donors (Lipinski definition) is 1. The Morgan fingerprint density at radius 3 is 2.81 bits per heavy atom. The van der Waals surface area contributed by atoms with Crippen LogP contribution in [0.25, 0.3) is 11.3 Å². The molecule has 140 valence electrons. The van der Waals surface area contributed by atoms with Crippen molar-refractivity contribution in [1.82, 2.24) is 4.98 Å². The molecule has 1 N–H and O–H groups in total. The van der Waals surface area contributed by atoms with Crippen molar-refractivity contribution in [1.29, 1.82) is 0 Å². The molecule has 1 amide bonds. The molecule has 0 radical (unpaired) electrons. The normalized spacial score (nSPS) is 12.4. The largest absolute Gasteiger partial charge is 0.497 e. The minimum absolute atomic E-state index is 0.0848. The Morgan fingerprint density at radius 2 is 2.00 bits per heavy atom. The van der Waals surface area contributed by atoms with Gasteiger partial charge in [-0.05, 0) is 43.0 Å². The third-order valence-corrected chi connectivity index (χ3v) is 5.92. The predicted octanol–water partition coefficient (Wildman–Crippen LogP) is 5.61. The lowest BCUT2D eigenvalue weighted by Crippen LogP contribution is -2.10. The topological polar surface area (TPSA) is 51.2 Å². The summed E-state index contributed by atoms with van der Waals surface area (Å²) in [5, 5.41) is 3.73. The fourth-order valence-electron chi connectivity index (χ4n) is 3.42. The second-order valence-electron chi connectivity index (χ2n) is 6.88. The van der Waals surface area contributed by atoms with E-state index in [0.717, 1.165) is 42.3 Å². The van der Waals surface area contributed by atoms with E-state index in [-0.39, 0.29) is 5.91 Å². The number of unbranched alkanes of at least 4 members (excludes halogenated alkanes) is 5. The number of aryl methyl sites for hydroxylation is 2. The number of carbonyl (C=O) groups is 1. The average molecular weight is 373 g/mol. The number of aromatic nitrogens is 1. The van der Waals surface area contributed by atoms with Crippen LogP contribution in [-0.2, 0) is 17.6 Å². The van der Waals surface area contributed by atoms with Crippen molar-refractivity contribution in [2.24, 2.45) is 0 Å². The van der Waals surface area contributed by atoms with Gasteiger partial charge in [-0.3, -0.25) is 4.79 Å². The number of nitrogens with zero attached hydrogens (tertiary/aromatic N) is 1.